The van der Waals surface area contributed by atoms with Crippen LogP contribution in [0.1, 0.15) is 52.6 Å². The first-order chi connectivity index (χ1) is 11.5. The van der Waals surface area contributed by atoms with Crippen molar-refractivity contribution >= 4 is 23.6 Å². The number of nitrogens with one attached hydrogen (secondary N) is 1. The highest BCUT2D eigenvalue weighted by Gasteiger charge is 2.26. The number of carbonyl (C=O) groups is 2. The summed E-state index contributed by atoms with van der Waals surface area (Å²) < 4.78 is 5.16. The van der Waals surface area contributed by atoms with Gasteiger partial charge in [0.1, 0.15) is 5.60 Å². The minimum atomic E-state index is -0.558. The highest BCUT2D eigenvalue weighted by Crippen LogP contribution is 2.32. The molecule has 1 unspecified atom stereocenters. The van der Waals surface area contributed by atoms with Gasteiger partial charge in [0, 0.05) is 25.0 Å². The maximum Gasteiger partial charge on any atom is 0.407 e. The van der Waals surface area contributed by atoms with E-state index in [-0.39, 0.29) is 30.8 Å². The second kappa shape index (κ2) is 9.09. The first-order valence-corrected chi connectivity index (χ1v) is 8.87. The molecule has 1 aromatic carbocycles. The van der Waals surface area contributed by atoms with Crippen molar-refractivity contribution in [3.63, 3.8) is 0 Å². The number of hydrogen-bond donors (Lipinski definition) is 1. The van der Waals surface area contributed by atoms with Gasteiger partial charge in [-0.05, 0) is 38.3 Å². The molecule has 0 spiro atoms. The Balaban J connectivity index is 2.67. The molecule has 2 amide bonds. The van der Waals surface area contributed by atoms with Crippen LogP contribution in [0, 0.1) is 5.92 Å². The third-order valence-corrected chi connectivity index (χ3v) is 4.02. The van der Waals surface area contributed by atoms with Crippen LogP contribution in [0.5, 0.6) is 0 Å². The van der Waals surface area contributed by atoms with Crippen LogP contribution in [0.2, 0.25) is 5.02 Å². The molecule has 5 nitrogen and oxygen atoms in total. The Morgan fingerprint density at radius 1 is 1.24 bits per heavy atom. The maximum atomic E-state index is 12.5. The summed E-state index contributed by atoms with van der Waals surface area (Å²) in [6, 6.07) is 7.43. The highest BCUT2D eigenvalue weighted by atomic mass is 35.5. The van der Waals surface area contributed by atoms with E-state index in [0.717, 1.165) is 5.56 Å². The van der Waals surface area contributed by atoms with Crippen LogP contribution in [0.4, 0.5) is 4.79 Å². The van der Waals surface area contributed by atoms with Gasteiger partial charge in [0.05, 0.1) is 6.04 Å². The summed E-state index contributed by atoms with van der Waals surface area (Å²) in [6.07, 6.45) is -0.321. The fourth-order valence-corrected chi connectivity index (χ4v) is 2.89. The Hall–Kier alpha value is -1.75. The van der Waals surface area contributed by atoms with Crippen molar-refractivity contribution in [1.29, 1.82) is 0 Å². The van der Waals surface area contributed by atoms with Crippen LogP contribution >= 0.6 is 11.6 Å². The lowest BCUT2D eigenvalue weighted by Crippen LogP contribution is -2.38. The Morgan fingerprint density at radius 2 is 1.84 bits per heavy atom. The van der Waals surface area contributed by atoms with Crippen LogP contribution < -0.4 is 5.32 Å². The second-order valence-corrected chi connectivity index (χ2v) is 7.80. The molecule has 0 saturated heterocycles. The second-order valence-electron chi connectivity index (χ2n) is 7.39. The molecule has 0 heterocycles. The van der Waals surface area contributed by atoms with Gasteiger partial charge in [0.25, 0.3) is 0 Å². The third kappa shape index (κ3) is 6.94. The summed E-state index contributed by atoms with van der Waals surface area (Å²) in [4.78, 5) is 25.9. The van der Waals surface area contributed by atoms with E-state index in [0.29, 0.717) is 5.02 Å². The lowest BCUT2D eigenvalue weighted by atomic mass is 9.94. The van der Waals surface area contributed by atoms with Gasteiger partial charge in [0.2, 0.25) is 5.91 Å². The Morgan fingerprint density at radius 3 is 2.36 bits per heavy atom. The van der Waals surface area contributed by atoms with Crippen LogP contribution in [0.25, 0.3) is 0 Å². The van der Waals surface area contributed by atoms with Crippen molar-refractivity contribution in [2.45, 2.75) is 52.7 Å². The number of amides is 2. The Bertz CT molecular complexity index is 597. The molecule has 25 heavy (non-hydrogen) atoms. The molecular weight excluding hydrogens is 340 g/mol. The van der Waals surface area contributed by atoms with E-state index in [2.05, 4.69) is 19.2 Å². The van der Waals surface area contributed by atoms with E-state index in [1.54, 1.807) is 32.7 Å². The van der Waals surface area contributed by atoms with Crippen LogP contribution in [-0.4, -0.2) is 36.1 Å². The number of alkyl carbamates (subject to hydrolysis) is 1. The van der Waals surface area contributed by atoms with Crippen molar-refractivity contribution in [3.05, 3.63) is 34.9 Å². The number of rotatable bonds is 6. The van der Waals surface area contributed by atoms with Crippen molar-refractivity contribution in [1.82, 2.24) is 10.2 Å². The molecule has 0 saturated carbocycles. The quantitative estimate of drug-likeness (QED) is 0.809. The molecule has 1 rings (SSSR count). The number of halogens is 1. The molecule has 0 aliphatic carbocycles. The number of hydrogen-bond acceptors (Lipinski definition) is 3. The van der Waals surface area contributed by atoms with Gasteiger partial charge in [-0.15, -0.1) is 0 Å². The molecule has 140 valence electrons. The van der Waals surface area contributed by atoms with Gasteiger partial charge in [-0.3, -0.25) is 4.79 Å². The lowest BCUT2D eigenvalue weighted by Gasteiger charge is -2.32. The van der Waals surface area contributed by atoms with Gasteiger partial charge >= 0.3 is 6.09 Å². The van der Waals surface area contributed by atoms with E-state index in [9.17, 15) is 9.59 Å². The number of benzene rings is 1. The van der Waals surface area contributed by atoms with Crippen molar-refractivity contribution in [3.8, 4) is 0 Å². The van der Waals surface area contributed by atoms with Crippen molar-refractivity contribution in [2.75, 3.05) is 13.6 Å². The van der Waals surface area contributed by atoms with Gasteiger partial charge in [-0.2, -0.15) is 0 Å². The Kier molecular flexibility index (Phi) is 7.74. The van der Waals surface area contributed by atoms with E-state index in [4.69, 9.17) is 16.3 Å². The molecule has 1 atom stereocenters. The van der Waals surface area contributed by atoms with Gasteiger partial charge in [-0.1, -0.05) is 43.6 Å². The molecular formula is C19H29ClN2O3. The first kappa shape index (κ1) is 21.3. The minimum absolute atomic E-state index is 0.0605. The zero-order chi connectivity index (χ0) is 19.2. The summed E-state index contributed by atoms with van der Waals surface area (Å²) in [5.41, 5.74) is 0.368. The zero-order valence-electron chi connectivity index (χ0n) is 15.9. The fourth-order valence-electron chi connectivity index (χ4n) is 2.65. The average Bonchev–Trinajstić information content (AvgIpc) is 2.47. The molecule has 1 N–H and O–H groups in total. The van der Waals surface area contributed by atoms with E-state index in [1.165, 1.54) is 0 Å². The minimum Gasteiger partial charge on any atom is -0.444 e. The molecule has 1 aromatic rings. The lowest BCUT2D eigenvalue weighted by molar-refractivity contribution is -0.132. The summed E-state index contributed by atoms with van der Waals surface area (Å²) in [5, 5.41) is 3.26. The SMILES string of the molecule is CC(C)C(c1ccccc1Cl)N(C)C(=O)CCNC(=O)OC(C)(C)C. The molecule has 0 aliphatic rings. The van der Waals surface area contributed by atoms with E-state index in [1.807, 2.05) is 24.3 Å². The van der Waals surface area contributed by atoms with Gasteiger partial charge < -0.3 is 15.0 Å². The first-order valence-electron chi connectivity index (χ1n) is 8.50. The maximum absolute atomic E-state index is 12.5. The molecule has 0 radical (unpaired) electrons. The largest absolute Gasteiger partial charge is 0.444 e. The van der Waals surface area contributed by atoms with E-state index < -0.39 is 11.7 Å². The summed E-state index contributed by atoms with van der Waals surface area (Å²) in [5.74, 6) is 0.141. The normalized spacial score (nSPS) is 12.6. The van der Waals surface area contributed by atoms with Crippen molar-refractivity contribution < 1.29 is 14.3 Å². The fraction of sp³-hybridized carbons (Fsp3) is 0.579. The average molecular weight is 369 g/mol. The molecule has 0 fully saturated rings. The number of ether oxygens (including phenoxy) is 1. The summed E-state index contributed by atoms with van der Waals surface area (Å²) in [6.45, 7) is 9.71. The predicted molar refractivity (Wildman–Crippen MR) is 101 cm³/mol. The van der Waals surface area contributed by atoms with Crippen LogP contribution in [-0.2, 0) is 9.53 Å². The highest BCUT2D eigenvalue weighted by molar-refractivity contribution is 6.31. The van der Waals surface area contributed by atoms with Crippen molar-refractivity contribution in [2.24, 2.45) is 5.92 Å². The topological polar surface area (TPSA) is 58.6 Å². The molecule has 0 aliphatic heterocycles. The molecule has 0 bridgehead atoms. The number of nitrogens with zero attached hydrogens (tertiary/aromatic N) is 1. The Labute approximate surface area is 155 Å². The standard InChI is InChI=1S/C19H29ClN2O3/c1-13(2)17(14-9-7-8-10-15(14)20)22(6)16(23)11-12-21-18(24)25-19(3,4)5/h7-10,13,17H,11-12H2,1-6H3,(H,21,24). The smallest absolute Gasteiger partial charge is 0.407 e. The number of carbonyl (C=O) groups excluding carboxylic acids is 2. The monoisotopic (exact) mass is 368 g/mol. The van der Waals surface area contributed by atoms with Crippen LogP contribution in [0.3, 0.4) is 0 Å². The van der Waals surface area contributed by atoms with Gasteiger partial charge in [0.15, 0.2) is 0 Å². The van der Waals surface area contributed by atoms with Gasteiger partial charge in [-0.25, -0.2) is 4.79 Å². The molecule has 6 heteroatoms. The van der Waals surface area contributed by atoms with Crippen LogP contribution in [0.15, 0.2) is 24.3 Å². The molecule has 0 aromatic heterocycles. The third-order valence-electron chi connectivity index (χ3n) is 3.67. The predicted octanol–water partition coefficient (Wildman–Crippen LogP) is 4.41. The summed E-state index contributed by atoms with van der Waals surface area (Å²) in [7, 11) is 1.77. The summed E-state index contributed by atoms with van der Waals surface area (Å²) >= 11 is 6.31. The van der Waals surface area contributed by atoms with E-state index >= 15 is 0 Å². The zero-order valence-corrected chi connectivity index (χ0v) is 16.7.